The van der Waals surface area contributed by atoms with Crippen molar-refractivity contribution in [3.63, 3.8) is 0 Å². The average molecular weight is 488 g/mol. The summed E-state index contributed by atoms with van der Waals surface area (Å²) in [5, 5.41) is 12.6. The molecule has 35 heavy (non-hydrogen) atoms. The van der Waals surface area contributed by atoms with E-state index in [2.05, 4.69) is 23.2 Å². The number of carbonyl (C=O) groups excluding carboxylic acids is 1. The number of amides is 1. The molecule has 4 N–H and O–H groups in total. The van der Waals surface area contributed by atoms with Gasteiger partial charge in [-0.1, -0.05) is 6.07 Å². The van der Waals surface area contributed by atoms with E-state index in [9.17, 15) is 9.18 Å². The van der Waals surface area contributed by atoms with Crippen molar-refractivity contribution in [2.24, 2.45) is 5.73 Å². The third-order valence-electron chi connectivity index (χ3n) is 5.78. The topological polar surface area (TPSA) is 97.1 Å². The van der Waals surface area contributed by atoms with Gasteiger partial charge in [0, 0.05) is 38.3 Å². The van der Waals surface area contributed by atoms with Crippen molar-refractivity contribution in [3.05, 3.63) is 52.8 Å². The second-order valence-electron chi connectivity index (χ2n) is 10.0. The first-order valence-electron chi connectivity index (χ1n) is 12.2. The molecule has 2 aromatic carbocycles. The Labute approximate surface area is 207 Å². The zero-order chi connectivity index (χ0) is 25.6. The quantitative estimate of drug-likeness (QED) is 0.397. The molecule has 0 unspecified atom stereocenters. The van der Waals surface area contributed by atoms with Gasteiger partial charge in [0.1, 0.15) is 18.0 Å². The third-order valence-corrected chi connectivity index (χ3v) is 5.78. The highest BCUT2D eigenvalue weighted by Gasteiger charge is 2.25. The zero-order valence-corrected chi connectivity index (χ0v) is 21.2. The molecule has 2 aromatic rings. The lowest BCUT2D eigenvalue weighted by Crippen LogP contribution is -2.32. The number of primary amides is 1. The van der Waals surface area contributed by atoms with Crippen molar-refractivity contribution in [3.8, 4) is 11.5 Å². The molecule has 1 aliphatic heterocycles. The minimum absolute atomic E-state index is 0.120. The number of nitrogens with two attached hydrogens (primary N) is 1. The Morgan fingerprint density at radius 1 is 1.26 bits per heavy atom. The summed E-state index contributed by atoms with van der Waals surface area (Å²) in [6.45, 7) is 10.4. The van der Waals surface area contributed by atoms with Crippen molar-refractivity contribution < 1.29 is 23.8 Å². The summed E-state index contributed by atoms with van der Waals surface area (Å²) in [5.41, 5.74) is 8.90. The summed E-state index contributed by atoms with van der Waals surface area (Å²) >= 11 is 0. The molecule has 7 nitrogen and oxygen atoms in total. The van der Waals surface area contributed by atoms with Gasteiger partial charge in [0.25, 0.3) is 5.91 Å². The lowest BCUT2D eigenvalue weighted by atomic mass is 9.98. The zero-order valence-electron chi connectivity index (χ0n) is 21.2. The second-order valence-corrected chi connectivity index (χ2v) is 10.0. The van der Waals surface area contributed by atoms with Crippen LogP contribution in [0.3, 0.4) is 0 Å². The predicted octanol–water partition coefficient (Wildman–Crippen LogP) is 3.45. The van der Waals surface area contributed by atoms with Crippen molar-refractivity contribution >= 4 is 11.6 Å². The van der Waals surface area contributed by atoms with Crippen LogP contribution in [-0.4, -0.2) is 55.5 Å². The van der Waals surface area contributed by atoms with E-state index in [1.165, 1.54) is 12.1 Å². The lowest BCUT2D eigenvalue weighted by Gasteiger charge is -2.23. The molecule has 1 heterocycles. The summed E-state index contributed by atoms with van der Waals surface area (Å²) in [4.78, 5) is 14.3. The van der Waals surface area contributed by atoms with Crippen molar-refractivity contribution in [1.82, 2.24) is 5.32 Å². The van der Waals surface area contributed by atoms with Crippen LogP contribution in [0.5, 0.6) is 11.5 Å². The first kappa shape index (κ1) is 26.8. The lowest BCUT2D eigenvalue weighted by molar-refractivity contribution is 0.100. The van der Waals surface area contributed by atoms with Gasteiger partial charge in [0.15, 0.2) is 11.5 Å². The number of benzene rings is 2. The van der Waals surface area contributed by atoms with Gasteiger partial charge < -0.3 is 30.5 Å². The molecule has 0 saturated carbocycles. The Hall–Kier alpha value is -2.84. The van der Waals surface area contributed by atoms with E-state index in [1.54, 1.807) is 6.07 Å². The molecule has 0 fully saturated rings. The largest absolute Gasteiger partial charge is 0.488 e. The molecule has 0 spiro atoms. The number of fused-ring (bicyclic) bond motifs is 1. The van der Waals surface area contributed by atoms with Crippen molar-refractivity contribution in [2.45, 2.75) is 58.6 Å². The SMILES string of the molecule is C[C@H](Cc1cc2c(c(C(N)=O)c1)N(CCCO)CC2)NCCOc1ccc(F)cc1OC(C)(C)C. The number of rotatable bonds is 12. The fourth-order valence-corrected chi connectivity index (χ4v) is 4.39. The fraction of sp³-hybridized carbons (Fsp3) is 0.519. The van der Waals surface area contributed by atoms with Crippen LogP contribution in [0, 0.1) is 5.82 Å². The minimum atomic E-state index is -0.464. The van der Waals surface area contributed by atoms with Crippen LogP contribution in [0.4, 0.5) is 10.1 Å². The normalized spacial score (nSPS) is 14.1. The van der Waals surface area contributed by atoms with E-state index < -0.39 is 11.5 Å². The predicted molar refractivity (Wildman–Crippen MR) is 136 cm³/mol. The summed E-state index contributed by atoms with van der Waals surface area (Å²) < 4.78 is 25.4. The Kier molecular flexibility index (Phi) is 8.97. The number of ether oxygens (including phenoxy) is 2. The smallest absolute Gasteiger partial charge is 0.250 e. The van der Waals surface area contributed by atoms with Gasteiger partial charge in [-0.15, -0.1) is 0 Å². The number of aliphatic hydroxyl groups excluding tert-OH is 1. The van der Waals surface area contributed by atoms with Gasteiger partial charge in [0.05, 0.1) is 11.3 Å². The van der Waals surface area contributed by atoms with Crippen LogP contribution in [0.25, 0.3) is 0 Å². The molecule has 8 heteroatoms. The molecule has 1 amide bonds. The number of aliphatic hydroxyl groups is 1. The van der Waals surface area contributed by atoms with E-state index >= 15 is 0 Å². The third kappa shape index (κ3) is 7.57. The molecule has 3 rings (SSSR count). The number of nitrogens with zero attached hydrogens (tertiary/aromatic N) is 1. The maximum absolute atomic E-state index is 13.7. The second kappa shape index (κ2) is 11.7. The monoisotopic (exact) mass is 487 g/mol. The van der Waals surface area contributed by atoms with Crippen LogP contribution in [-0.2, 0) is 12.8 Å². The first-order chi connectivity index (χ1) is 16.6. The Morgan fingerprint density at radius 3 is 2.71 bits per heavy atom. The summed E-state index contributed by atoms with van der Waals surface area (Å²) in [5.74, 6) is 0.0899. The number of hydrogen-bond acceptors (Lipinski definition) is 6. The van der Waals surface area contributed by atoms with Gasteiger partial charge in [-0.25, -0.2) is 4.39 Å². The van der Waals surface area contributed by atoms with Crippen LogP contribution < -0.4 is 25.4 Å². The highest BCUT2D eigenvalue weighted by Crippen LogP contribution is 2.34. The molecule has 0 aromatic heterocycles. The van der Waals surface area contributed by atoms with Gasteiger partial charge in [0.2, 0.25) is 0 Å². The molecule has 0 aliphatic carbocycles. The fourth-order valence-electron chi connectivity index (χ4n) is 4.39. The number of nitrogens with one attached hydrogen (secondary N) is 1. The molecule has 0 radical (unpaired) electrons. The van der Waals surface area contributed by atoms with E-state index in [0.717, 1.165) is 36.2 Å². The standard InChI is InChI=1S/C27H38FN3O4/c1-18(30-9-13-34-23-7-6-21(28)17-24(23)35-27(2,3)4)14-19-15-20-8-11-31(10-5-12-32)25(20)22(16-19)26(29)33/h6-7,15-18,30,32H,5,8-14H2,1-4H3,(H2,29,33)/t18-/m1/s1. The highest BCUT2D eigenvalue weighted by atomic mass is 19.1. The minimum Gasteiger partial charge on any atom is -0.488 e. The summed E-state index contributed by atoms with van der Waals surface area (Å²) in [6.07, 6.45) is 2.25. The van der Waals surface area contributed by atoms with Crippen molar-refractivity contribution in [1.29, 1.82) is 0 Å². The van der Waals surface area contributed by atoms with Crippen LogP contribution in [0.2, 0.25) is 0 Å². The van der Waals surface area contributed by atoms with E-state index in [4.69, 9.17) is 20.3 Å². The van der Waals surface area contributed by atoms with Gasteiger partial charge in [-0.3, -0.25) is 4.79 Å². The summed E-state index contributed by atoms with van der Waals surface area (Å²) in [6, 6.07) is 8.47. The Morgan fingerprint density at radius 2 is 2.03 bits per heavy atom. The van der Waals surface area contributed by atoms with E-state index in [1.807, 2.05) is 26.8 Å². The van der Waals surface area contributed by atoms with Crippen LogP contribution >= 0.6 is 0 Å². The Bertz CT molecular complexity index is 1020. The number of carbonyl (C=O) groups is 1. The molecule has 1 aliphatic rings. The van der Waals surface area contributed by atoms with Gasteiger partial charge >= 0.3 is 0 Å². The Balaban J connectivity index is 1.57. The van der Waals surface area contributed by atoms with Crippen LogP contribution in [0.15, 0.2) is 30.3 Å². The average Bonchev–Trinajstić information content (AvgIpc) is 3.17. The molecular weight excluding hydrogens is 449 g/mol. The summed E-state index contributed by atoms with van der Waals surface area (Å²) in [7, 11) is 0. The first-order valence-corrected chi connectivity index (χ1v) is 12.2. The molecule has 0 saturated heterocycles. The van der Waals surface area contributed by atoms with E-state index in [0.29, 0.717) is 43.2 Å². The maximum Gasteiger partial charge on any atom is 0.250 e. The van der Waals surface area contributed by atoms with Gasteiger partial charge in [-0.2, -0.15) is 0 Å². The van der Waals surface area contributed by atoms with E-state index in [-0.39, 0.29) is 18.5 Å². The highest BCUT2D eigenvalue weighted by molar-refractivity contribution is 6.00. The maximum atomic E-state index is 13.7. The molecule has 192 valence electrons. The molecule has 0 bridgehead atoms. The number of hydrogen-bond donors (Lipinski definition) is 3. The number of halogens is 1. The molecular formula is C27H38FN3O4. The molecule has 1 atom stereocenters. The van der Waals surface area contributed by atoms with Crippen molar-refractivity contribution in [2.75, 3.05) is 37.7 Å². The van der Waals surface area contributed by atoms with Gasteiger partial charge in [-0.05, 0) is 76.3 Å². The number of anilines is 1. The van der Waals surface area contributed by atoms with Crippen LogP contribution in [0.1, 0.15) is 55.6 Å².